The van der Waals surface area contributed by atoms with Crippen LogP contribution in [-0.4, -0.2) is 41.7 Å². The van der Waals surface area contributed by atoms with Crippen LogP contribution in [0.2, 0.25) is 0 Å². The number of rotatable bonds is 4. The van der Waals surface area contributed by atoms with Crippen LogP contribution in [-0.2, 0) is 5.60 Å². The molecule has 1 aliphatic rings. The largest absolute Gasteiger partial charge is 0.378 e. The number of carbonyl (C=O) groups is 2. The molecule has 3 heterocycles. The smallest absolute Gasteiger partial charge is 0.325 e. The maximum absolute atomic E-state index is 12.1. The van der Waals surface area contributed by atoms with E-state index in [1.807, 2.05) is 34.3 Å². The van der Waals surface area contributed by atoms with Crippen molar-refractivity contribution >= 4 is 34.7 Å². The first-order valence-electron chi connectivity index (χ1n) is 6.73. The second kappa shape index (κ2) is 6.07. The highest BCUT2D eigenvalue weighted by atomic mass is 32.1. The van der Waals surface area contributed by atoms with Crippen LogP contribution < -0.4 is 10.6 Å². The second-order valence-corrected chi connectivity index (χ2v) is 6.62. The van der Waals surface area contributed by atoms with Gasteiger partial charge in [0.2, 0.25) is 0 Å². The first kappa shape index (κ1) is 15.0. The van der Waals surface area contributed by atoms with Crippen molar-refractivity contribution in [2.45, 2.75) is 5.60 Å². The van der Waals surface area contributed by atoms with E-state index in [1.165, 1.54) is 22.7 Å². The normalized spacial score (nSPS) is 17.1. The van der Waals surface area contributed by atoms with Gasteiger partial charge in [-0.25, -0.2) is 14.5 Å². The highest BCUT2D eigenvalue weighted by Crippen LogP contribution is 2.33. The van der Waals surface area contributed by atoms with Crippen molar-refractivity contribution < 1.29 is 14.7 Å². The van der Waals surface area contributed by atoms with Crippen molar-refractivity contribution in [3.05, 3.63) is 44.8 Å². The van der Waals surface area contributed by atoms with E-state index < -0.39 is 17.7 Å². The number of carbonyl (C=O) groups excluding carboxylic acids is 2. The van der Waals surface area contributed by atoms with Crippen molar-refractivity contribution in [3.8, 4) is 0 Å². The summed E-state index contributed by atoms with van der Waals surface area (Å²) in [5.74, 6) is 0. The summed E-state index contributed by atoms with van der Waals surface area (Å²) in [5.41, 5.74) is -0.564. The van der Waals surface area contributed by atoms with Crippen LogP contribution in [0.15, 0.2) is 34.3 Å². The van der Waals surface area contributed by atoms with Crippen LogP contribution in [0.3, 0.4) is 0 Å². The first-order valence-corrected chi connectivity index (χ1v) is 8.56. The Morgan fingerprint density at radius 1 is 1.45 bits per heavy atom. The zero-order chi connectivity index (χ0) is 15.6. The molecule has 2 aromatic rings. The summed E-state index contributed by atoms with van der Waals surface area (Å²) < 4.78 is 0. The Morgan fingerprint density at radius 2 is 2.32 bits per heavy atom. The van der Waals surface area contributed by atoms with Gasteiger partial charge in [-0.05, 0) is 28.3 Å². The summed E-state index contributed by atoms with van der Waals surface area (Å²) >= 11 is 2.90. The standard InChI is InChI=1S/C14H15N3O3S2/c18-12-15-4-5-17(12)13(19)16-9-14(20,10-3-7-21-8-10)11-2-1-6-22-11/h1-3,6-8,20H,4-5,9H2,(H,15,18)(H,16,19)/t14-/m0/s1. The van der Waals surface area contributed by atoms with Crippen molar-refractivity contribution in [1.29, 1.82) is 0 Å². The summed E-state index contributed by atoms with van der Waals surface area (Å²) in [7, 11) is 0. The number of hydrogen-bond acceptors (Lipinski definition) is 5. The topological polar surface area (TPSA) is 81.7 Å². The fraction of sp³-hybridized carbons (Fsp3) is 0.286. The van der Waals surface area contributed by atoms with Gasteiger partial charge in [-0.2, -0.15) is 11.3 Å². The SMILES string of the molecule is O=C1NCCN1C(=O)NC[C@](O)(c1ccsc1)c1cccs1. The molecule has 0 aliphatic carbocycles. The minimum Gasteiger partial charge on any atom is -0.378 e. The summed E-state index contributed by atoms with van der Waals surface area (Å²) in [6.07, 6.45) is 0. The van der Waals surface area contributed by atoms with Crippen LogP contribution >= 0.6 is 22.7 Å². The minimum atomic E-state index is -1.29. The molecule has 1 atom stereocenters. The molecule has 3 rings (SSSR count). The van der Waals surface area contributed by atoms with Crippen LogP contribution in [0.5, 0.6) is 0 Å². The minimum absolute atomic E-state index is 0.00681. The molecule has 0 radical (unpaired) electrons. The van der Waals surface area contributed by atoms with Gasteiger partial charge in [0.1, 0.15) is 5.60 Å². The average Bonchev–Trinajstić information content (AvgIpc) is 3.24. The molecule has 2 aromatic heterocycles. The van der Waals surface area contributed by atoms with Crippen molar-refractivity contribution in [2.24, 2.45) is 0 Å². The quantitative estimate of drug-likeness (QED) is 0.795. The molecule has 8 heteroatoms. The van der Waals surface area contributed by atoms with Gasteiger partial charge in [0, 0.05) is 23.5 Å². The molecule has 116 valence electrons. The lowest BCUT2D eigenvalue weighted by Gasteiger charge is -2.27. The van der Waals surface area contributed by atoms with Gasteiger partial charge < -0.3 is 15.7 Å². The molecular formula is C14H15N3O3S2. The molecule has 22 heavy (non-hydrogen) atoms. The molecule has 1 aliphatic heterocycles. The number of urea groups is 2. The Bertz CT molecular complexity index is 621. The lowest BCUT2D eigenvalue weighted by molar-refractivity contribution is 0.0848. The molecule has 0 aromatic carbocycles. The number of nitrogens with zero attached hydrogens (tertiary/aromatic N) is 1. The molecule has 1 fully saturated rings. The number of amides is 4. The Balaban J connectivity index is 1.77. The highest BCUT2D eigenvalue weighted by Gasteiger charge is 2.35. The van der Waals surface area contributed by atoms with Crippen molar-refractivity contribution in [3.63, 3.8) is 0 Å². The van der Waals surface area contributed by atoms with E-state index in [9.17, 15) is 14.7 Å². The van der Waals surface area contributed by atoms with Gasteiger partial charge in [-0.15, -0.1) is 11.3 Å². The molecule has 3 N–H and O–H groups in total. The second-order valence-electron chi connectivity index (χ2n) is 4.89. The van der Waals surface area contributed by atoms with Crippen LogP contribution in [0.25, 0.3) is 0 Å². The maximum atomic E-state index is 12.1. The maximum Gasteiger partial charge on any atom is 0.325 e. The fourth-order valence-corrected chi connectivity index (χ4v) is 3.88. The number of thiophene rings is 2. The summed E-state index contributed by atoms with van der Waals surface area (Å²) in [6, 6.07) is 4.61. The number of imide groups is 1. The van der Waals surface area contributed by atoms with Crippen molar-refractivity contribution in [1.82, 2.24) is 15.5 Å². The summed E-state index contributed by atoms with van der Waals surface area (Å²) in [6.45, 7) is 0.791. The van der Waals surface area contributed by atoms with Gasteiger partial charge >= 0.3 is 12.1 Å². The number of hydrogen-bond donors (Lipinski definition) is 3. The lowest BCUT2D eigenvalue weighted by Crippen LogP contribution is -2.47. The zero-order valence-electron chi connectivity index (χ0n) is 11.6. The average molecular weight is 337 g/mol. The van der Waals surface area contributed by atoms with Crippen molar-refractivity contribution in [2.75, 3.05) is 19.6 Å². The molecule has 4 amide bonds. The Hall–Kier alpha value is -1.90. The lowest BCUT2D eigenvalue weighted by atomic mass is 9.94. The van der Waals surface area contributed by atoms with Gasteiger partial charge in [0.25, 0.3) is 0 Å². The van der Waals surface area contributed by atoms with E-state index in [-0.39, 0.29) is 6.54 Å². The van der Waals surface area contributed by atoms with E-state index in [1.54, 1.807) is 0 Å². The molecule has 1 saturated heterocycles. The monoisotopic (exact) mass is 337 g/mol. The van der Waals surface area contributed by atoms with E-state index in [0.29, 0.717) is 13.1 Å². The fourth-order valence-electron chi connectivity index (χ4n) is 2.31. The number of nitrogens with one attached hydrogen (secondary N) is 2. The van der Waals surface area contributed by atoms with Gasteiger partial charge in [0.05, 0.1) is 6.54 Å². The predicted molar refractivity (Wildman–Crippen MR) is 85.1 cm³/mol. The Morgan fingerprint density at radius 3 is 2.91 bits per heavy atom. The molecule has 0 spiro atoms. The molecule has 6 nitrogen and oxygen atoms in total. The zero-order valence-corrected chi connectivity index (χ0v) is 13.2. The van der Waals surface area contributed by atoms with E-state index in [4.69, 9.17) is 0 Å². The molecular weight excluding hydrogens is 322 g/mol. The van der Waals surface area contributed by atoms with Gasteiger partial charge in [0.15, 0.2) is 0 Å². The third kappa shape index (κ3) is 2.72. The molecule has 0 saturated carbocycles. The summed E-state index contributed by atoms with van der Waals surface area (Å²) in [5, 5.41) is 21.9. The van der Waals surface area contributed by atoms with Gasteiger partial charge in [-0.1, -0.05) is 6.07 Å². The van der Waals surface area contributed by atoms with Crippen LogP contribution in [0.4, 0.5) is 9.59 Å². The predicted octanol–water partition coefficient (Wildman–Crippen LogP) is 1.78. The van der Waals surface area contributed by atoms with E-state index >= 15 is 0 Å². The Kier molecular flexibility index (Phi) is 4.14. The third-order valence-electron chi connectivity index (χ3n) is 3.52. The molecule has 0 bridgehead atoms. The van der Waals surface area contributed by atoms with Gasteiger partial charge in [-0.3, -0.25) is 0 Å². The first-order chi connectivity index (χ1) is 10.6. The number of aliphatic hydroxyl groups is 1. The Labute approximate surface area is 135 Å². The van der Waals surface area contributed by atoms with Crippen LogP contribution in [0.1, 0.15) is 10.4 Å². The molecule has 0 unspecified atom stereocenters. The third-order valence-corrected chi connectivity index (χ3v) is 5.23. The highest BCUT2D eigenvalue weighted by molar-refractivity contribution is 7.10. The summed E-state index contributed by atoms with van der Waals surface area (Å²) in [4.78, 5) is 25.4. The van der Waals surface area contributed by atoms with E-state index in [2.05, 4.69) is 10.6 Å². The van der Waals surface area contributed by atoms with E-state index in [0.717, 1.165) is 15.3 Å². The van der Waals surface area contributed by atoms with Crippen LogP contribution in [0, 0.1) is 0 Å².